The summed E-state index contributed by atoms with van der Waals surface area (Å²) in [5.74, 6) is 0. The Kier molecular flexibility index (Phi) is 8.83. The molecule has 0 fully saturated rings. The van der Waals surface area contributed by atoms with Crippen molar-refractivity contribution in [1.82, 2.24) is 4.57 Å². The number of aromatic nitrogens is 1. The van der Waals surface area contributed by atoms with E-state index in [1.54, 1.807) is 0 Å². The van der Waals surface area contributed by atoms with Crippen LogP contribution in [0.15, 0.2) is 247 Å². The first-order valence-corrected chi connectivity index (χ1v) is 21.5. The molecule has 0 radical (unpaired) electrons. The highest BCUT2D eigenvalue weighted by atomic mass is 16.3. The molecule has 10 aromatic carbocycles. The van der Waals surface area contributed by atoms with E-state index in [1.807, 2.05) is 6.07 Å². The highest BCUT2D eigenvalue weighted by Gasteiger charge is 2.19. The molecule has 3 nitrogen and oxygen atoms in total. The summed E-state index contributed by atoms with van der Waals surface area (Å²) in [4.78, 5) is 2.33. The monoisotopic (exact) mass is 804 g/mol. The maximum absolute atomic E-state index is 6.71. The number of rotatable bonds is 8. The first kappa shape index (κ1) is 36.5. The van der Waals surface area contributed by atoms with E-state index >= 15 is 0 Å². The molecule has 0 aliphatic heterocycles. The first-order valence-electron chi connectivity index (χ1n) is 21.5. The summed E-state index contributed by atoms with van der Waals surface area (Å²) in [6, 6.07) is 87.0. The van der Waals surface area contributed by atoms with Crippen molar-refractivity contribution in [1.29, 1.82) is 0 Å². The van der Waals surface area contributed by atoms with Crippen LogP contribution in [0.4, 0.5) is 17.1 Å². The molecule has 0 saturated heterocycles. The Hall–Kier alpha value is -8.40. The molecule has 0 aliphatic rings. The fraction of sp³-hybridized carbons (Fsp3) is 0. The molecule has 63 heavy (non-hydrogen) atoms. The van der Waals surface area contributed by atoms with Gasteiger partial charge in [0.25, 0.3) is 0 Å². The Morgan fingerprint density at radius 1 is 0.302 bits per heavy atom. The molecule has 0 spiro atoms. The standard InChI is InChI=1S/C60H40N2O/c1-4-14-41(15-5-1)43-24-31-49(32-25-43)61(50-33-26-44(27-34-50)42-16-6-2-7-17-42)51-35-28-45(29-36-51)54-39-47(40-56-53-21-11-13-23-59(53)63-60(54)56)46-30-37-58-55(38-46)52-20-10-12-22-57(52)62(58)48-18-8-3-9-19-48/h1-40H. The predicted molar refractivity (Wildman–Crippen MR) is 264 cm³/mol. The quantitative estimate of drug-likeness (QED) is 0.153. The summed E-state index contributed by atoms with van der Waals surface area (Å²) in [6.45, 7) is 0. The first-order chi connectivity index (χ1) is 31.2. The second kappa shape index (κ2) is 15.3. The van der Waals surface area contributed by atoms with Crippen molar-refractivity contribution in [2.75, 3.05) is 4.90 Å². The Morgan fingerprint density at radius 3 is 1.38 bits per heavy atom. The van der Waals surface area contributed by atoms with Crippen LogP contribution in [-0.2, 0) is 0 Å². The van der Waals surface area contributed by atoms with Gasteiger partial charge in [0.1, 0.15) is 11.2 Å². The Balaban J connectivity index is 0.980. The summed E-state index contributed by atoms with van der Waals surface area (Å²) < 4.78 is 9.07. The number of hydrogen-bond donors (Lipinski definition) is 0. The largest absolute Gasteiger partial charge is 0.455 e. The zero-order valence-electron chi connectivity index (χ0n) is 34.4. The molecule has 0 N–H and O–H groups in total. The van der Waals surface area contributed by atoms with Gasteiger partial charge >= 0.3 is 0 Å². The molecule has 0 atom stereocenters. The van der Waals surface area contributed by atoms with Crippen molar-refractivity contribution in [3.63, 3.8) is 0 Å². The molecule has 0 aliphatic carbocycles. The van der Waals surface area contributed by atoms with Crippen LogP contribution in [0.2, 0.25) is 0 Å². The van der Waals surface area contributed by atoms with Gasteiger partial charge in [0.05, 0.1) is 11.0 Å². The molecule has 12 rings (SSSR count). The van der Waals surface area contributed by atoms with Gasteiger partial charge in [-0.05, 0) is 124 Å². The van der Waals surface area contributed by atoms with Crippen molar-refractivity contribution in [3.05, 3.63) is 243 Å². The zero-order valence-corrected chi connectivity index (χ0v) is 34.4. The minimum absolute atomic E-state index is 0.882. The molecular formula is C60H40N2O. The fourth-order valence-electron chi connectivity index (χ4n) is 9.32. The topological polar surface area (TPSA) is 21.3 Å². The Bertz CT molecular complexity index is 3490. The summed E-state index contributed by atoms with van der Waals surface area (Å²) in [5.41, 5.74) is 17.8. The third-order valence-corrected chi connectivity index (χ3v) is 12.4. The smallest absolute Gasteiger partial charge is 0.143 e. The van der Waals surface area contributed by atoms with Crippen molar-refractivity contribution in [2.24, 2.45) is 0 Å². The number of hydrogen-bond acceptors (Lipinski definition) is 2. The Morgan fingerprint density at radius 2 is 0.762 bits per heavy atom. The number of furan rings is 1. The van der Waals surface area contributed by atoms with Crippen LogP contribution in [0.25, 0.3) is 93.9 Å². The Labute approximate surface area is 366 Å². The number of para-hydroxylation sites is 3. The van der Waals surface area contributed by atoms with Gasteiger partial charge in [-0.1, -0.05) is 158 Å². The molecular weight excluding hydrogens is 765 g/mol. The normalized spacial score (nSPS) is 11.5. The van der Waals surface area contributed by atoms with E-state index < -0.39 is 0 Å². The second-order valence-corrected chi connectivity index (χ2v) is 16.1. The van der Waals surface area contributed by atoms with Crippen LogP contribution >= 0.6 is 0 Å². The van der Waals surface area contributed by atoms with E-state index in [4.69, 9.17) is 4.42 Å². The van der Waals surface area contributed by atoms with Gasteiger partial charge in [-0.15, -0.1) is 0 Å². The van der Waals surface area contributed by atoms with Gasteiger partial charge in [0.2, 0.25) is 0 Å². The molecule has 296 valence electrons. The van der Waals surface area contributed by atoms with E-state index in [0.29, 0.717) is 0 Å². The SMILES string of the molecule is c1ccc(-c2ccc(N(c3ccc(-c4ccccc4)cc3)c3ccc(-c4cc(-c5ccc6c(c5)c5ccccc5n6-c5ccccc5)cc5c4oc4ccccc45)cc3)cc2)cc1. The molecule has 2 aromatic heterocycles. The molecule has 12 aromatic rings. The lowest BCUT2D eigenvalue weighted by molar-refractivity contribution is 0.670. The number of benzene rings is 10. The van der Waals surface area contributed by atoms with E-state index in [9.17, 15) is 0 Å². The summed E-state index contributed by atoms with van der Waals surface area (Å²) >= 11 is 0. The molecule has 0 unspecified atom stereocenters. The summed E-state index contributed by atoms with van der Waals surface area (Å²) in [6.07, 6.45) is 0. The summed E-state index contributed by atoms with van der Waals surface area (Å²) in [5, 5.41) is 4.67. The van der Waals surface area contributed by atoms with Crippen LogP contribution in [-0.4, -0.2) is 4.57 Å². The average molecular weight is 805 g/mol. The van der Waals surface area contributed by atoms with Crippen LogP contribution in [0.1, 0.15) is 0 Å². The molecule has 0 saturated carbocycles. The maximum atomic E-state index is 6.71. The number of fused-ring (bicyclic) bond motifs is 6. The van der Waals surface area contributed by atoms with Gasteiger partial charge in [0, 0.05) is 49.9 Å². The molecule has 2 heterocycles. The van der Waals surface area contributed by atoms with Crippen LogP contribution in [0.5, 0.6) is 0 Å². The molecule has 0 bridgehead atoms. The lowest BCUT2D eigenvalue weighted by Crippen LogP contribution is -2.09. The van der Waals surface area contributed by atoms with Crippen molar-refractivity contribution in [3.8, 4) is 50.2 Å². The van der Waals surface area contributed by atoms with E-state index in [1.165, 1.54) is 44.1 Å². The third-order valence-electron chi connectivity index (χ3n) is 12.4. The minimum atomic E-state index is 0.882. The maximum Gasteiger partial charge on any atom is 0.143 e. The highest BCUT2D eigenvalue weighted by molar-refractivity contribution is 6.13. The van der Waals surface area contributed by atoms with Crippen molar-refractivity contribution >= 4 is 60.8 Å². The van der Waals surface area contributed by atoms with Gasteiger partial charge in [0.15, 0.2) is 0 Å². The lowest BCUT2D eigenvalue weighted by Gasteiger charge is -2.26. The lowest BCUT2D eigenvalue weighted by atomic mass is 9.94. The van der Waals surface area contributed by atoms with Gasteiger partial charge < -0.3 is 13.9 Å². The molecule has 0 amide bonds. The molecule has 3 heteroatoms. The van der Waals surface area contributed by atoms with E-state index in [2.05, 4.69) is 246 Å². The van der Waals surface area contributed by atoms with Crippen molar-refractivity contribution in [2.45, 2.75) is 0 Å². The average Bonchev–Trinajstić information content (AvgIpc) is 3.91. The van der Waals surface area contributed by atoms with Gasteiger partial charge in [-0.2, -0.15) is 0 Å². The van der Waals surface area contributed by atoms with Gasteiger partial charge in [-0.3, -0.25) is 0 Å². The van der Waals surface area contributed by atoms with Crippen molar-refractivity contribution < 1.29 is 4.42 Å². The number of anilines is 3. The van der Waals surface area contributed by atoms with Gasteiger partial charge in [-0.25, -0.2) is 0 Å². The van der Waals surface area contributed by atoms with Crippen LogP contribution in [0, 0.1) is 0 Å². The highest BCUT2D eigenvalue weighted by Crippen LogP contribution is 2.43. The van der Waals surface area contributed by atoms with Crippen LogP contribution < -0.4 is 4.90 Å². The predicted octanol–water partition coefficient (Wildman–Crippen LogP) is 16.8. The fourth-order valence-corrected chi connectivity index (χ4v) is 9.32. The van der Waals surface area contributed by atoms with Crippen LogP contribution in [0.3, 0.4) is 0 Å². The summed E-state index contributed by atoms with van der Waals surface area (Å²) in [7, 11) is 0. The number of nitrogens with zero attached hydrogens (tertiary/aromatic N) is 2. The van der Waals surface area contributed by atoms with E-state index in [-0.39, 0.29) is 0 Å². The second-order valence-electron chi connectivity index (χ2n) is 16.1. The van der Waals surface area contributed by atoms with E-state index in [0.717, 1.165) is 66.9 Å². The zero-order chi connectivity index (χ0) is 41.7. The third kappa shape index (κ3) is 6.46. The minimum Gasteiger partial charge on any atom is -0.455 e.